The number of nitrogens with zero attached hydrogens (tertiary/aromatic N) is 3. The summed E-state index contributed by atoms with van der Waals surface area (Å²) in [7, 11) is 0. The van der Waals surface area contributed by atoms with Crippen molar-refractivity contribution in [2.45, 2.75) is 45.1 Å². The summed E-state index contributed by atoms with van der Waals surface area (Å²) in [6.07, 6.45) is 0.0367. The zero-order valence-electron chi connectivity index (χ0n) is 17.6. The second-order valence-electron chi connectivity index (χ2n) is 8.51. The van der Waals surface area contributed by atoms with Gasteiger partial charge in [-0.2, -0.15) is 0 Å². The van der Waals surface area contributed by atoms with Gasteiger partial charge in [0.1, 0.15) is 17.4 Å². The molecule has 0 amide bonds. The first-order valence-corrected chi connectivity index (χ1v) is 10.7. The molecule has 32 heavy (non-hydrogen) atoms. The van der Waals surface area contributed by atoms with Crippen LogP contribution in [-0.2, 0) is 13.0 Å². The van der Waals surface area contributed by atoms with Gasteiger partial charge in [0.05, 0.1) is 17.6 Å². The number of benzene rings is 2. The van der Waals surface area contributed by atoms with Crippen molar-refractivity contribution in [3.05, 3.63) is 65.2 Å². The second-order valence-corrected chi connectivity index (χ2v) is 8.51. The fourth-order valence-electron chi connectivity index (χ4n) is 4.78. The molecule has 0 N–H and O–H groups in total. The normalized spacial score (nSPS) is 19.3. The SMILES string of the molecule is CC1CCc2cc(F)cc3nc(CN4CC=C(c5ccc(OC(F)(F)F)cc5)CC4)n1c23. The molecule has 0 fully saturated rings. The Kier molecular flexibility index (Phi) is 5.20. The van der Waals surface area contributed by atoms with E-state index in [-0.39, 0.29) is 11.6 Å². The molecule has 0 saturated carbocycles. The summed E-state index contributed by atoms with van der Waals surface area (Å²) in [4.78, 5) is 7.05. The van der Waals surface area contributed by atoms with Gasteiger partial charge in [0.2, 0.25) is 0 Å². The second kappa shape index (κ2) is 7.92. The molecule has 2 aliphatic rings. The van der Waals surface area contributed by atoms with Crippen molar-refractivity contribution in [1.29, 1.82) is 0 Å². The summed E-state index contributed by atoms with van der Waals surface area (Å²) in [5.74, 6) is 0.490. The van der Waals surface area contributed by atoms with E-state index in [2.05, 4.69) is 27.2 Å². The summed E-state index contributed by atoms with van der Waals surface area (Å²) in [5.41, 5.74) is 4.79. The minimum Gasteiger partial charge on any atom is -0.406 e. The van der Waals surface area contributed by atoms with Crippen molar-refractivity contribution in [2.75, 3.05) is 13.1 Å². The number of aromatic nitrogens is 2. The molecule has 5 rings (SSSR count). The van der Waals surface area contributed by atoms with Gasteiger partial charge < -0.3 is 9.30 Å². The van der Waals surface area contributed by atoms with Gasteiger partial charge in [-0.15, -0.1) is 13.2 Å². The lowest BCUT2D eigenvalue weighted by Crippen LogP contribution is -2.30. The first kappa shape index (κ1) is 21.0. The molecule has 1 atom stereocenters. The van der Waals surface area contributed by atoms with Crippen molar-refractivity contribution in [3.8, 4) is 5.75 Å². The highest BCUT2D eigenvalue weighted by atomic mass is 19.4. The third-order valence-electron chi connectivity index (χ3n) is 6.29. The molecule has 168 valence electrons. The Morgan fingerprint density at radius 1 is 1.12 bits per heavy atom. The fourth-order valence-corrected chi connectivity index (χ4v) is 4.78. The Labute approximate surface area is 183 Å². The Morgan fingerprint density at radius 3 is 2.59 bits per heavy atom. The highest BCUT2D eigenvalue weighted by Gasteiger charge is 2.31. The van der Waals surface area contributed by atoms with Crippen LogP contribution in [0.4, 0.5) is 17.6 Å². The maximum Gasteiger partial charge on any atom is 0.573 e. The summed E-state index contributed by atoms with van der Waals surface area (Å²) >= 11 is 0. The Hall–Kier alpha value is -2.87. The number of ether oxygens (including phenoxy) is 1. The van der Waals surface area contributed by atoms with Crippen molar-refractivity contribution < 1.29 is 22.3 Å². The fraction of sp³-hybridized carbons (Fsp3) is 0.375. The highest BCUT2D eigenvalue weighted by molar-refractivity contribution is 5.81. The van der Waals surface area contributed by atoms with Gasteiger partial charge in [-0.25, -0.2) is 9.37 Å². The van der Waals surface area contributed by atoms with Crippen molar-refractivity contribution in [3.63, 3.8) is 0 Å². The van der Waals surface area contributed by atoms with Crippen LogP contribution in [0.15, 0.2) is 42.5 Å². The molecule has 1 aromatic heterocycles. The first-order chi connectivity index (χ1) is 15.3. The van der Waals surface area contributed by atoms with Gasteiger partial charge >= 0.3 is 6.36 Å². The van der Waals surface area contributed by atoms with Crippen LogP contribution in [0, 0.1) is 5.82 Å². The number of halogens is 4. The minimum absolute atomic E-state index is 0.218. The molecule has 3 aromatic rings. The molecular formula is C24H23F4N3O. The van der Waals surface area contributed by atoms with Gasteiger partial charge in [-0.3, -0.25) is 4.90 Å². The molecule has 8 heteroatoms. The van der Waals surface area contributed by atoms with Crippen LogP contribution >= 0.6 is 0 Å². The number of aryl methyl sites for hydroxylation is 1. The maximum atomic E-state index is 14.0. The summed E-state index contributed by atoms with van der Waals surface area (Å²) < 4.78 is 57.2. The van der Waals surface area contributed by atoms with Crippen LogP contribution < -0.4 is 4.74 Å². The first-order valence-electron chi connectivity index (χ1n) is 10.7. The molecule has 2 aliphatic heterocycles. The van der Waals surface area contributed by atoms with E-state index in [0.717, 1.165) is 65.9 Å². The zero-order valence-corrected chi connectivity index (χ0v) is 17.6. The number of rotatable bonds is 4. The predicted octanol–water partition coefficient (Wildman–Crippen LogP) is 5.87. The van der Waals surface area contributed by atoms with Crippen LogP contribution in [0.1, 0.15) is 42.8 Å². The van der Waals surface area contributed by atoms with Crippen LogP contribution in [0.2, 0.25) is 0 Å². The molecule has 0 spiro atoms. The van der Waals surface area contributed by atoms with Crippen LogP contribution in [0.3, 0.4) is 0 Å². The molecule has 0 aliphatic carbocycles. The number of hydrogen-bond acceptors (Lipinski definition) is 3. The Balaban J connectivity index is 1.32. The highest BCUT2D eigenvalue weighted by Crippen LogP contribution is 2.34. The van der Waals surface area contributed by atoms with E-state index in [1.54, 1.807) is 18.2 Å². The lowest BCUT2D eigenvalue weighted by molar-refractivity contribution is -0.274. The third-order valence-corrected chi connectivity index (χ3v) is 6.29. The van der Waals surface area contributed by atoms with Crippen molar-refractivity contribution >= 4 is 16.6 Å². The molecule has 0 saturated heterocycles. The maximum absolute atomic E-state index is 14.0. The number of alkyl halides is 3. The van der Waals surface area contributed by atoms with Gasteiger partial charge in [-0.05, 0) is 61.1 Å². The minimum atomic E-state index is -4.69. The van der Waals surface area contributed by atoms with E-state index >= 15 is 0 Å². The average Bonchev–Trinajstić information content (AvgIpc) is 3.09. The third kappa shape index (κ3) is 4.11. The van der Waals surface area contributed by atoms with Crippen molar-refractivity contribution in [2.24, 2.45) is 0 Å². The molecule has 0 bridgehead atoms. The van der Waals surface area contributed by atoms with E-state index < -0.39 is 6.36 Å². The average molecular weight is 445 g/mol. The van der Waals surface area contributed by atoms with E-state index in [1.807, 2.05) is 0 Å². The quantitative estimate of drug-likeness (QED) is 0.471. The van der Waals surface area contributed by atoms with E-state index in [1.165, 1.54) is 18.2 Å². The van der Waals surface area contributed by atoms with Gasteiger partial charge in [-0.1, -0.05) is 18.2 Å². The molecule has 1 unspecified atom stereocenters. The predicted molar refractivity (Wildman–Crippen MR) is 114 cm³/mol. The largest absolute Gasteiger partial charge is 0.573 e. The van der Waals surface area contributed by atoms with E-state index in [0.29, 0.717) is 12.6 Å². The van der Waals surface area contributed by atoms with Crippen LogP contribution in [-0.4, -0.2) is 33.9 Å². The summed E-state index contributed by atoms with van der Waals surface area (Å²) in [6, 6.07) is 9.46. The van der Waals surface area contributed by atoms with Gasteiger partial charge in [0.25, 0.3) is 0 Å². The number of imidazole rings is 1. The Morgan fingerprint density at radius 2 is 1.91 bits per heavy atom. The Bertz CT molecular complexity index is 1180. The lowest BCUT2D eigenvalue weighted by atomic mass is 9.99. The summed E-state index contributed by atoms with van der Waals surface area (Å²) in [5, 5.41) is 0. The zero-order chi connectivity index (χ0) is 22.5. The molecule has 0 radical (unpaired) electrons. The number of hydrogen-bond donors (Lipinski definition) is 0. The van der Waals surface area contributed by atoms with E-state index in [4.69, 9.17) is 4.98 Å². The monoisotopic (exact) mass is 445 g/mol. The van der Waals surface area contributed by atoms with Crippen molar-refractivity contribution in [1.82, 2.24) is 14.5 Å². The molecule has 3 heterocycles. The van der Waals surface area contributed by atoms with Crippen LogP contribution in [0.25, 0.3) is 16.6 Å². The van der Waals surface area contributed by atoms with Gasteiger partial charge in [0, 0.05) is 25.2 Å². The molecule has 4 nitrogen and oxygen atoms in total. The van der Waals surface area contributed by atoms with Gasteiger partial charge in [0.15, 0.2) is 0 Å². The topological polar surface area (TPSA) is 30.3 Å². The smallest absolute Gasteiger partial charge is 0.406 e. The molecule has 2 aromatic carbocycles. The van der Waals surface area contributed by atoms with E-state index in [9.17, 15) is 17.6 Å². The molecular weight excluding hydrogens is 422 g/mol. The van der Waals surface area contributed by atoms with Crippen LogP contribution in [0.5, 0.6) is 5.75 Å². The summed E-state index contributed by atoms with van der Waals surface area (Å²) in [6.45, 7) is 4.37. The lowest BCUT2D eigenvalue weighted by Gasteiger charge is -2.28. The standard InChI is InChI=1S/C24H23F4N3O/c1-15-2-3-18-12-19(25)13-21-23(18)31(15)22(29-21)14-30-10-8-17(9-11-30)16-4-6-20(7-5-16)32-24(26,27)28/h4-8,12-13,15H,2-3,9-11,14H2,1H3.